The van der Waals surface area contributed by atoms with Crippen molar-refractivity contribution in [1.29, 1.82) is 0 Å². The molecule has 10 heteroatoms. The molecule has 9 nitrogen and oxygen atoms in total. The summed E-state index contributed by atoms with van der Waals surface area (Å²) in [6, 6.07) is 12.3. The fourth-order valence-corrected chi connectivity index (χ4v) is 3.64. The highest BCUT2D eigenvalue weighted by Crippen LogP contribution is 2.26. The molecule has 2 amide bonds. The second-order valence-electron chi connectivity index (χ2n) is 5.35. The minimum absolute atomic E-state index is 0.517. The van der Waals surface area contributed by atoms with Gasteiger partial charge in [-0.3, -0.25) is 10.1 Å². The quantitative estimate of drug-likeness (QED) is 0.624. The van der Waals surface area contributed by atoms with Crippen LogP contribution < -0.4 is 10.1 Å². The molecule has 1 aliphatic rings. The maximum absolute atomic E-state index is 12.5. The number of carbonyl (C=O) groups is 1. The van der Waals surface area contributed by atoms with Gasteiger partial charge in [0.15, 0.2) is 4.90 Å². The molecule has 1 aliphatic heterocycles. The van der Waals surface area contributed by atoms with E-state index in [0.717, 1.165) is 22.7 Å². The number of nitrogens with zero attached hydrogens (tertiary/aromatic N) is 2. The Labute approximate surface area is 149 Å². The van der Waals surface area contributed by atoms with Crippen LogP contribution in [0.5, 0.6) is 0 Å². The average Bonchev–Trinajstić information content (AvgIpc) is 3.12. The van der Waals surface area contributed by atoms with Gasteiger partial charge in [0.05, 0.1) is 11.0 Å². The molecule has 134 valence electrons. The number of benzene rings is 2. The molecular formula is C16H14N4O5S. The third-order valence-corrected chi connectivity index (χ3v) is 5.07. The molecule has 0 aromatic heterocycles. The molecule has 2 N–H and O–H groups in total. The Balaban J connectivity index is 1.85. The van der Waals surface area contributed by atoms with Crippen molar-refractivity contribution in [3.63, 3.8) is 0 Å². The summed E-state index contributed by atoms with van der Waals surface area (Å²) in [6.07, 6.45) is 3.20. The topological polar surface area (TPSA) is 122 Å². The summed E-state index contributed by atoms with van der Waals surface area (Å²) in [4.78, 5) is 22.1. The SMILES string of the molecule is O=C(NS(=O)(=O)c1ccccc1[N+](=O)[O-])N1NC=CC1c1ccccc1. The van der Waals surface area contributed by atoms with E-state index in [1.807, 2.05) is 10.8 Å². The van der Waals surface area contributed by atoms with Crippen LogP contribution in [-0.2, 0) is 10.0 Å². The zero-order valence-corrected chi connectivity index (χ0v) is 14.1. The van der Waals surface area contributed by atoms with E-state index >= 15 is 0 Å². The maximum Gasteiger partial charge on any atom is 0.350 e. The Morgan fingerprint density at radius 2 is 1.77 bits per heavy atom. The number of hydrazine groups is 1. The zero-order chi connectivity index (χ0) is 18.7. The van der Waals surface area contributed by atoms with Crippen molar-refractivity contribution in [3.05, 3.63) is 82.6 Å². The minimum Gasteiger partial charge on any atom is -0.301 e. The lowest BCUT2D eigenvalue weighted by Crippen LogP contribution is -2.47. The Bertz CT molecular complexity index is 975. The van der Waals surface area contributed by atoms with Crippen molar-refractivity contribution in [1.82, 2.24) is 15.2 Å². The summed E-state index contributed by atoms with van der Waals surface area (Å²) in [6.45, 7) is 0. The Morgan fingerprint density at radius 1 is 1.12 bits per heavy atom. The number of nitro groups is 1. The van der Waals surface area contributed by atoms with Crippen LogP contribution in [-0.4, -0.2) is 24.4 Å². The highest BCUT2D eigenvalue weighted by atomic mass is 32.2. The molecule has 1 unspecified atom stereocenters. The maximum atomic E-state index is 12.5. The molecule has 3 rings (SSSR count). The van der Waals surface area contributed by atoms with Gasteiger partial charge in [0.25, 0.3) is 15.7 Å². The highest BCUT2D eigenvalue weighted by Gasteiger charge is 2.32. The third kappa shape index (κ3) is 3.35. The molecule has 1 heterocycles. The zero-order valence-electron chi connectivity index (χ0n) is 13.3. The van der Waals surface area contributed by atoms with Gasteiger partial charge in [-0.1, -0.05) is 42.5 Å². The highest BCUT2D eigenvalue weighted by molar-refractivity contribution is 7.90. The van der Waals surface area contributed by atoms with Crippen molar-refractivity contribution < 1.29 is 18.1 Å². The van der Waals surface area contributed by atoms with Crippen LogP contribution in [0.3, 0.4) is 0 Å². The fraction of sp³-hybridized carbons (Fsp3) is 0.0625. The molecule has 0 radical (unpaired) electrons. The van der Waals surface area contributed by atoms with Crippen LogP contribution in [0.25, 0.3) is 0 Å². The van der Waals surface area contributed by atoms with Gasteiger partial charge in [-0.2, -0.15) is 0 Å². The Morgan fingerprint density at radius 3 is 2.46 bits per heavy atom. The molecule has 2 aromatic carbocycles. The van der Waals surface area contributed by atoms with Crippen LogP contribution in [0.15, 0.2) is 71.8 Å². The number of nitrogens with one attached hydrogen (secondary N) is 2. The third-order valence-electron chi connectivity index (χ3n) is 3.70. The van der Waals surface area contributed by atoms with E-state index in [1.165, 1.54) is 18.3 Å². The van der Waals surface area contributed by atoms with E-state index in [1.54, 1.807) is 30.3 Å². The lowest BCUT2D eigenvalue weighted by molar-refractivity contribution is -0.387. The van der Waals surface area contributed by atoms with Gasteiger partial charge in [-0.25, -0.2) is 22.9 Å². The average molecular weight is 374 g/mol. The van der Waals surface area contributed by atoms with Crippen LogP contribution in [0.4, 0.5) is 10.5 Å². The van der Waals surface area contributed by atoms with Crippen LogP contribution in [0, 0.1) is 10.1 Å². The van der Waals surface area contributed by atoms with Crippen molar-refractivity contribution in [2.24, 2.45) is 0 Å². The standard InChI is InChI=1S/C16H14N4O5S/c21-16(19-13(10-11-17-19)12-6-2-1-3-7-12)18-26(24,25)15-9-5-4-8-14(15)20(22)23/h1-11,13,17H,(H,18,21). The number of rotatable bonds is 4. The van der Waals surface area contributed by atoms with E-state index < -0.39 is 37.6 Å². The second kappa shape index (κ2) is 6.84. The molecule has 0 aliphatic carbocycles. The molecule has 0 saturated heterocycles. The van der Waals surface area contributed by atoms with E-state index in [4.69, 9.17) is 0 Å². The van der Waals surface area contributed by atoms with Gasteiger partial charge in [0.2, 0.25) is 0 Å². The number of nitro benzene ring substituents is 1. The molecular weight excluding hydrogens is 360 g/mol. The van der Waals surface area contributed by atoms with Crippen molar-refractivity contribution in [2.45, 2.75) is 10.9 Å². The molecule has 0 bridgehead atoms. The summed E-state index contributed by atoms with van der Waals surface area (Å²) < 4.78 is 26.8. The molecule has 26 heavy (non-hydrogen) atoms. The van der Waals surface area contributed by atoms with Gasteiger partial charge in [-0.05, 0) is 17.7 Å². The number of hydrogen-bond acceptors (Lipinski definition) is 6. The van der Waals surface area contributed by atoms with E-state index in [0.29, 0.717) is 0 Å². The summed E-state index contributed by atoms with van der Waals surface area (Å²) in [7, 11) is -4.43. The minimum atomic E-state index is -4.43. The van der Waals surface area contributed by atoms with Gasteiger partial charge in [0, 0.05) is 12.3 Å². The van der Waals surface area contributed by atoms with Gasteiger partial charge < -0.3 is 5.43 Å². The molecule has 0 spiro atoms. The van der Waals surface area contributed by atoms with E-state index in [9.17, 15) is 23.3 Å². The molecule has 0 saturated carbocycles. The predicted octanol–water partition coefficient (Wildman–Crippen LogP) is 2.07. The largest absolute Gasteiger partial charge is 0.350 e. The Kier molecular flexibility index (Phi) is 4.59. The number of urea groups is 1. The summed E-state index contributed by atoms with van der Waals surface area (Å²) in [5, 5.41) is 12.1. The summed E-state index contributed by atoms with van der Waals surface area (Å²) >= 11 is 0. The van der Waals surface area contributed by atoms with Crippen LogP contribution in [0.2, 0.25) is 0 Å². The lowest BCUT2D eigenvalue weighted by Gasteiger charge is -2.24. The number of amides is 2. The van der Waals surface area contributed by atoms with Gasteiger partial charge in [-0.15, -0.1) is 0 Å². The van der Waals surface area contributed by atoms with Gasteiger partial charge >= 0.3 is 6.03 Å². The fourth-order valence-electron chi connectivity index (χ4n) is 2.53. The number of para-hydroxylation sites is 1. The number of carbonyl (C=O) groups excluding carboxylic acids is 1. The van der Waals surface area contributed by atoms with E-state index in [2.05, 4.69) is 5.43 Å². The van der Waals surface area contributed by atoms with Crippen LogP contribution >= 0.6 is 0 Å². The second-order valence-corrected chi connectivity index (χ2v) is 7.00. The summed E-state index contributed by atoms with van der Waals surface area (Å²) in [5.41, 5.74) is 2.82. The van der Waals surface area contributed by atoms with Gasteiger partial charge in [0.1, 0.15) is 0 Å². The van der Waals surface area contributed by atoms with Crippen molar-refractivity contribution in [3.8, 4) is 0 Å². The number of sulfonamides is 1. The van der Waals surface area contributed by atoms with Crippen molar-refractivity contribution in [2.75, 3.05) is 0 Å². The molecule has 0 fully saturated rings. The van der Waals surface area contributed by atoms with Crippen molar-refractivity contribution >= 4 is 21.7 Å². The first kappa shape index (κ1) is 17.4. The predicted molar refractivity (Wildman–Crippen MR) is 92.1 cm³/mol. The lowest BCUT2D eigenvalue weighted by atomic mass is 10.1. The van der Waals surface area contributed by atoms with Crippen LogP contribution in [0.1, 0.15) is 11.6 Å². The van der Waals surface area contributed by atoms with E-state index in [-0.39, 0.29) is 0 Å². The first-order valence-corrected chi connectivity index (χ1v) is 8.96. The number of hydrogen-bond donors (Lipinski definition) is 2. The first-order valence-electron chi connectivity index (χ1n) is 7.47. The molecule has 1 atom stereocenters. The normalized spacial score (nSPS) is 16.2. The monoisotopic (exact) mass is 374 g/mol. The summed E-state index contributed by atoms with van der Waals surface area (Å²) in [5.74, 6) is 0. The molecule has 2 aromatic rings. The smallest absolute Gasteiger partial charge is 0.301 e. The first-order chi connectivity index (χ1) is 12.4. The Hall–Kier alpha value is -3.40.